The number of benzene rings is 1. The molecule has 1 aromatic carbocycles. The van der Waals surface area contributed by atoms with Crippen LogP contribution in [0.1, 0.15) is 0 Å². The summed E-state index contributed by atoms with van der Waals surface area (Å²) in [5.41, 5.74) is -1.26. The Bertz CT molecular complexity index is 581. The number of carboxylic acids is 1. The monoisotopic (exact) mass is 320 g/mol. The van der Waals surface area contributed by atoms with Crippen molar-refractivity contribution in [2.75, 3.05) is 12.0 Å². The molecular formula is C9H8N2O7S2. The van der Waals surface area contributed by atoms with Crippen LogP contribution in [0.25, 0.3) is 0 Å². The molecule has 0 aliphatic rings. The maximum Gasteiger partial charge on any atom is 0.313 e. The van der Waals surface area contributed by atoms with E-state index in [1.165, 1.54) is 6.26 Å². The Morgan fingerprint density at radius 3 is 2.05 bits per heavy atom. The molecule has 0 heterocycles. The third kappa shape index (κ3) is 3.74. The number of hydrogen-bond donors (Lipinski definition) is 1. The molecule has 0 amide bonds. The highest BCUT2D eigenvalue weighted by atomic mass is 32.2. The van der Waals surface area contributed by atoms with Crippen molar-refractivity contribution in [3.8, 4) is 0 Å². The van der Waals surface area contributed by atoms with Crippen molar-refractivity contribution >= 4 is 39.9 Å². The minimum absolute atomic E-state index is 0.0666. The van der Waals surface area contributed by atoms with Gasteiger partial charge in [0.25, 0.3) is 11.4 Å². The van der Waals surface area contributed by atoms with Crippen molar-refractivity contribution in [1.82, 2.24) is 0 Å². The van der Waals surface area contributed by atoms with E-state index in [1.807, 2.05) is 0 Å². The van der Waals surface area contributed by atoms with Gasteiger partial charge in [0.05, 0.1) is 31.3 Å². The van der Waals surface area contributed by atoms with Crippen molar-refractivity contribution < 1.29 is 24.0 Å². The van der Waals surface area contributed by atoms with E-state index in [2.05, 4.69) is 0 Å². The van der Waals surface area contributed by atoms with Gasteiger partial charge in [0, 0.05) is 18.4 Å². The third-order valence-corrected chi connectivity index (χ3v) is 4.09. The number of rotatable bonds is 6. The molecular weight excluding hydrogens is 312 g/mol. The number of aliphatic carboxylic acids is 1. The molecule has 9 nitrogen and oxygen atoms in total. The first-order valence-corrected chi connectivity index (χ1v) is 7.43. The fourth-order valence-electron chi connectivity index (χ4n) is 1.29. The number of nitro benzene ring substituents is 2. The Balaban J connectivity index is 3.50. The van der Waals surface area contributed by atoms with Gasteiger partial charge in [-0.2, -0.15) is 0 Å². The molecule has 1 aromatic rings. The van der Waals surface area contributed by atoms with E-state index in [1.54, 1.807) is 0 Å². The highest BCUT2D eigenvalue weighted by Gasteiger charge is 2.28. The van der Waals surface area contributed by atoms with E-state index in [0.29, 0.717) is 11.8 Å². The highest BCUT2D eigenvalue weighted by molar-refractivity contribution is 8.00. The van der Waals surface area contributed by atoms with Gasteiger partial charge in [-0.15, -0.1) is 11.8 Å². The Morgan fingerprint density at radius 1 is 1.30 bits per heavy atom. The molecule has 20 heavy (non-hydrogen) atoms. The summed E-state index contributed by atoms with van der Waals surface area (Å²) in [5, 5.41) is 30.4. The van der Waals surface area contributed by atoms with Crippen LogP contribution in [0.4, 0.5) is 11.4 Å². The average molecular weight is 320 g/mol. The van der Waals surface area contributed by atoms with E-state index in [-0.39, 0.29) is 9.79 Å². The largest absolute Gasteiger partial charge is 0.481 e. The Hall–Kier alpha value is -2.01. The Labute approximate surface area is 118 Å². The molecule has 0 fully saturated rings. The molecule has 1 N–H and O–H groups in total. The van der Waals surface area contributed by atoms with Crippen molar-refractivity contribution in [2.45, 2.75) is 9.79 Å². The minimum Gasteiger partial charge on any atom is -0.481 e. The molecule has 1 atom stereocenters. The van der Waals surface area contributed by atoms with Crippen LogP contribution >= 0.6 is 11.8 Å². The first-order chi connectivity index (χ1) is 9.23. The lowest BCUT2D eigenvalue weighted by atomic mass is 10.3. The van der Waals surface area contributed by atoms with Crippen molar-refractivity contribution in [3.63, 3.8) is 0 Å². The summed E-state index contributed by atoms with van der Waals surface area (Å²) in [5.74, 6) is -1.82. The SMILES string of the molecule is CS(=O)c1cc([N+](=O)[O-])c(SCC(=O)O)c([N+](=O)[O-])c1. The van der Waals surface area contributed by atoms with Crippen molar-refractivity contribution in [2.24, 2.45) is 0 Å². The standard InChI is InChI=1S/C9H8N2O7S2/c1-20(18)5-2-6(10(14)15)9(19-4-8(12)13)7(3-5)11(16)17/h2-3H,4H2,1H3,(H,12,13). The average Bonchev–Trinajstić information content (AvgIpc) is 2.34. The number of nitrogens with zero attached hydrogens (tertiary/aromatic N) is 2. The summed E-state index contributed by atoms with van der Waals surface area (Å²) < 4.78 is 11.3. The van der Waals surface area contributed by atoms with Gasteiger partial charge in [-0.05, 0) is 0 Å². The predicted octanol–water partition coefficient (Wildman–Crippen LogP) is 1.42. The molecule has 0 radical (unpaired) electrons. The van der Waals surface area contributed by atoms with Gasteiger partial charge >= 0.3 is 5.97 Å². The number of carbonyl (C=O) groups is 1. The summed E-state index contributed by atoms with van der Waals surface area (Å²) in [6.45, 7) is 0. The number of thioether (sulfide) groups is 1. The van der Waals surface area contributed by atoms with Gasteiger partial charge in [0.2, 0.25) is 0 Å². The fraction of sp³-hybridized carbons (Fsp3) is 0.222. The number of hydrogen-bond acceptors (Lipinski definition) is 7. The van der Waals surface area contributed by atoms with E-state index in [0.717, 1.165) is 12.1 Å². The molecule has 1 rings (SSSR count). The molecule has 0 saturated carbocycles. The smallest absolute Gasteiger partial charge is 0.313 e. The van der Waals surface area contributed by atoms with Gasteiger partial charge in [-0.3, -0.25) is 29.2 Å². The molecule has 0 bridgehead atoms. The molecule has 11 heteroatoms. The van der Waals surface area contributed by atoms with E-state index < -0.39 is 43.7 Å². The predicted molar refractivity (Wildman–Crippen MR) is 70.4 cm³/mol. The van der Waals surface area contributed by atoms with Crippen LogP contribution in [0.15, 0.2) is 21.9 Å². The normalized spacial score (nSPS) is 11.8. The second-order valence-corrected chi connectivity index (χ2v) is 5.81. The maximum absolute atomic E-state index is 11.3. The van der Waals surface area contributed by atoms with Gasteiger partial charge in [0.1, 0.15) is 0 Å². The first kappa shape index (κ1) is 16.0. The summed E-state index contributed by atoms with van der Waals surface area (Å²) in [6, 6.07) is 1.90. The van der Waals surface area contributed by atoms with Crippen LogP contribution in [0.3, 0.4) is 0 Å². The molecule has 1 unspecified atom stereocenters. The summed E-state index contributed by atoms with van der Waals surface area (Å²) in [6.07, 6.45) is 1.23. The zero-order chi connectivity index (χ0) is 15.4. The van der Waals surface area contributed by atoms with Crippen LogP contribution < -0.4 is 0 Å². The van der Waals surface area contributed by atoms with Crippen LogP contribution in [-0.2, 0) is 15.6 Å². The molecule has 108 valence electrons. The zero-order valence-corrected chi connectivity index (χ0v) is 11.6. The van der Waals surface area contributed by atoms with Gasteiger partial charge in [-0.25, -0.2) is 0 Å². The van der Waals surface area contributed by atoms with Crippen LogP contribution in [0, 0.1) is 20.2 Å². The fourth-order valence-corrected chi connectivity index (χ4v) is 2.68. The quantitative estimate of drug-likeness (QED) is 0.471. The van der Waals surface area contributed by atoms with Crippen LogP contribution in [0.2, 0.25) is 0 Å². The van der Waals surface area contributed by atoms with E-state index >= 15 is 0 Å². The first-order valence-electron chi connectivity index (χ1n) is 4.89. The summed E-state index contributed by atoms with van der Waals surface area (Å²) >= 11 is 0.477. The molecule has 0 aliphatic heterocycles. The number of nitro groups is 2. The lowest BCUT2D eigenvalue weighted by Crippen LogP contribution is -2.03. The second kappa shape index (κ2) is 6.43. The van der Waals surface area contributed by atoms with Crippen molar-refractivity contribution in [1.29, 1.82) is 0 Å². The van der Waals surface area contributed by atoms with Crippen LogP contribution in [-0.4, -0.2) is 37.1 Å². The van der Waals surface area contributed by atoms with Crippen molar-refractivity contribution in [3.05, 3.63) is 32.4 Å². The molecule has 0 aliphatic carbocycles. The number of carboxylic acid groups (broad SMARTS) is 1. The molecule has 0 aromatic heterocycles. The minimum atomic E-state index is -1.64. The zero-order valence-electron chi connectivity index (χ0n) is 9.97. The topological polar surface area (TPSA) is 141 Å². The van der Waals surface area contributed by atoms with E-state index in [4.69, 9.17) is 5.11 Å². The molecule has 0 spiro atoms. The Kier molecular flexibility index (Phi) is 5.16. The molecule has 0 saturated heterocycles. The van der Waals surface area contributed by atoms with Gasteiger partial charge in [-0.1, -0.05) is 0 Å². The van der Waals surface area contributed by atoms with Crippen LogP contribution in [0.5, 0.6) is 0 Å². The van der Waals surface area contributed by atoms with Gasteiger partial charge < -0.3 is 5.11 Å². The lowest BCUT2D eigenvalue weighted by Gasteiger charge is -2.05. The highest BCUT2D eigenvalue weighted by Crippen LogP contribution is 2.39. The van der Waals surface area contributed by atoms with E-state index in [9.17, 15) is 29.2 Å². The maximum atomic E-state index is 11.3. The second-order valence-electron chi connectivity index (χ2n) is 3.44. The summed E-state index contributed by atoms with van der Waals surface area (Å²) in [7, 11) is -1.64. The lowest BCUT2D eigenvalue weighted by molar-refractivity contribution is -0.400. The summed E-state index contributed by atoms with van der Waals surface area (Å²) in [4.78, 5) is 30.2. The third-order valence-electron chi connectivity index (χ3n) is 2.09. The van der Waals surface area contributed by atoms with Gasteiger partial charge in [0.15, 0.2) is 4.90 Å². The Morgan fingerprint density at radius 2 is 1.75 bits per heavy atom.